The highest BCUT2D eigenvalue weighted by Gasteiger charge is 2.47. The van der Waals surface area contributed by atoms with E-state index in [1.54, 1.807) is 0 Å². The van der Waals surface area contributed by atoms with Crippen molar-refractivity contribution in [2.45, 2.75) is 18.4 Å². The lowest BCUT2D eigenvalue weighted by molar-refractivity contribution is -0.209. The highest BCUT2D eigenvalue weighted by atomic mass is 19.1. The van der Waals surface area contributed by atoms with Crippen LogP contribution in [0.25, 0.3) is 0 Å². The molecule has 0 aromatic heterocycles. The average molecular weight is 163 g/mol. The van der Waals surface area contributed by atoms with Gasteiger partial charge in [-0.25, -0.2) is 9.18 Å². The molecular formula is C6H10FNO3. The molecule has 0 spiro atoms. The summed E-state index contributed by atoms with van der Waals surface area (Å²) in [6.45, 7) is 0.0919. The Kier molecular flexibility index (Phi) is 2.41. The van der Waals surface area contributed by atoms with E-state index in [0.717, 1.165) is 0 Å². The summed E-state index contributed by atoms with van der Waals surface area (Å²) in [5, 5.41) is 0. The summed E-state index contributed by atoms with van der Waals surface area (Å²) >= 11 is 0. The minimum Gasteiger partial charge on any atom is -0.467 e. The summed E-state index contributed by atoms with van der Waals surface area (Å²) in [6, 6.07) is 0. The van der Waals surface area contributed by atoms with E-state index in [1.807, 2.05) is 0 Å². The van der Waals surface area contributed by atoms with Gasteiger partial charge in [-0.2, -0.15) is 0 Å². The van der Waals surface area contributed by atoms with Crippen molar-refractivity contribution in [3.05, 3.63) is 0 Å². The van der Waals surface area contributed by atoms with Gasteiger partial charge in [0.05, 0.1) is 7.11 Å². The minimum atomic E-state index is -1.31. The van der Waals surface area contributed by atoms with Gasteiger partial charge in [-0.15, -0.1) is 0 Å². The van der Waals surface area contributed by atoms with Crippen LogP contribution in [0.1, 0.15) is 0 Å². The second-order valence-electron chi connectivity index (χ2n) is 2.30. The van der Waals surface area contributed by atoms with Gasteiger partial charge < -0.3 is 15.2 Å². The number of carbonyl (C=O) groups excluding carboxylic acids is 1. The van der Waals surface area contributed by atoms with E-state index in [4.69, 9.17) is 10.5 Å². The first-order chi connectivity index (χ1) is 5.20. The number of alkyl halides is 1. The summed E-state index contributed by atoms with van der Waals surface area (Å²) < 4.78 is 21.8. The van der Waals surface area contributed by atoms with E-state index in [-0.39, 0.29) is 6.54 Å². The van der Waals surface area contributed by atoms with Crippen LogP contribution in [-0.2, 0) is 14.3 Å². The van der Waals surface area contributed by atoms with Gasteiger partial charge in [-0.3, -0.25) is 0 Å². The molecule has 0 amide bonds. The Morgan fingerprint density at radius 2 is 2.45 bits per heavy atom. The van der Waals surface area contributed by atoms with E-state index in [2.05, 4.69) is 4.74 Å². The van der Waals surface area contributed by atoms with Crippen molar-refractivity contribution in [2.24, 2.45) is 5.73 Å². The number of ether oxygens (including phenoxy) is 2. The zero-order chi connectivity index (χ0) is 8.43. The smallest absolute Gasteiger partial charge is 0.338 e. The third-order valence-electron chi connectivity index (χ3n) is 1.63. The number of carbonyl (C=O) groups is 1. The summed E-state index contributed by atoms with van der Waals surface area (Å²) in [6.07, 6.45) is -3.01. The molecule has 4 nitrogen and oxygen atoms in total. The maximum Gasteiger partial charge on any atom is 0.338 e. The summed E-state index contributed by atoms with van der Waals surface area (Å²) in [5.41, 5.74) is 5.11. The number of esters is 1. The first-order valence-corrected chi connectivity index (χ1v) is 3.28. The molecule has 1 saturated heterocycles. The average Bonchev–Trinajstić information content (AvgIpc) is 2.02. The quantitative estimate of drug-likeness (QED) is 0.543. The molecule has 1 fully saturated rings. The van der Waals surface area contributed by atoms with Crippen molar-refractivity contribution in [3.8, 4) is 0 Å². The molecule has 1 aliphatic rings. The van der Waals surface area contributed by atoms with Crippen molar-refractivity contribution in [1.29, 1.82) is 0 Å². The summed E-state index contributed by atoms with van der Waals surface area (Å²) in [4.78, 5) is 10.6. The SMILES string of the molecule is COC(=O)[C@H]1O[C@H](CN)[C@H]1F. The highest BCUT2D eigenvalue weighted by Crippen LogP contribution is 2.24. The van der Waals surface area contributed by atoms with E-state index in [9.17, 15) is 9.18 Å². The molecule has 0 unspecified atom stereocenters. The lowest BCUT2D eigenvalue weighted by Gasteiger charge is -2.36. The van der Waals surface area contributed by atoms with Gasteiger partial charge in [-0.1, -0.05) is 0 Å². The van der Waals surface area contributed by atoms with Crippen LogP contribution >= 0.6 is 0 Å². The van der Waals surface area contributed by atoms with Gasteiger partial charge in [-0.05, 0) is 0 Å². The molecule has 0 bridgehead atoms. The van der Waals surface area contributed by atoms with Crippen LogP contribution in [0.2, 0.25) is 0 Å². The van der Waals surface area contributed by atoms with Crippen LogP contribution in [0.3, 0.4) is 0 Å². The Labute approximate surface area is 63.5 Å². The molecule has 5 heteroatoms. The van der Waals surface area contributed by atoms with Crippen molar-refractivity contribution in [2.75, 3.05) is 13.7 Å². The van der Waals surface area contributed by atoms with Crippen LogP contribution in [0.4, 0.5) is 4.39 Å². The third kappa shape index (κ3) is 1.34. The van der Waals surface area contributed by atoms with Crippen LogP contribution < -0.4 is 5.73 Å². The van der Waals surface area contributed by atoms with Crippen LogP contribution in [0.15, 0.2) is 0 Å². The van der Waals surface area contributed by atoms with Crippen LogP contribution in [-0.4, -0.2) is 38.0 Å². The van der Waals surface area contributed by atoms with Gasteiger partial charge in [0.1, 0.15) is 6.10 Å². The monoisotopic (exact) mass is 163 g/mol. The molecule has 1 rings (SSSR count). The molecule has 0 radical (unpaired) electrons. The minimum absolute atomic E-state index is 0.0919. The van der Waals surface area contributed by atoms with Crippen molar-refractivity contribution in [1.82, 2.24) is 0 Å². The number of halogens is 1. The lowest BCUT2D eigenvalue weighted by Crippen LogP contribution is -2.58. The molecule has 64 valence electrons. The second-order valence-corrected chi connectivity index (χ2v) is 2.30. The molecule has 0 aromatic rings. The predicted octanol–water partition coefficient (Wildman–Crippen LogP) is -0.776. The molecular weight excluding hydrogens is 153 g/mol. The van der Waals surface area contributed by atoms with Gasteiger partial charge in [0.2, 0.25) is 0 Å². The first-order valence-electron chi connectivity index (χ1n) is 3.28. The van der Waals surface area contributed by atoms with Crippen molar-refractivity contribution >= 4 is 5.97 Å². The Morgan fingerprint density at radius 3 is 2.82 bits per heavy atom. The molecule has 11 heavy (non-hydrogen) atoms. The molecule has 0 saturated carbocycles. The second kappa shape index (κ2) is 3.15. The number of nitrogens with two attached hydrogens (primary N) is 1. The number of hydrogen-bond acceptors (Lipinski definition) is 4. The molecule has 3 atom stereocenters. The lowest BCUT2D eigenvalue weighted by atomic mass is 10.0. The van der Waals surface area contributed by atoms with E-state index >= 15 is 0 Å². The van der Waals surface area contributed by atoms with Crippen molar-refractivity contribution < 1.29 is 18.7 Å². The van der Waals surface area contributed by atoms with E-state index in [0.29, 0.717) is 0 Å². The molecule has 1 aliphatic heterocycles. The topological polar surface area (TPSA) is 61.5 Å². The van der Waals surface area contributed by atoms with Crippen LogP contribution in [0, 0.1) is 0 Å². The zero-order valence-corrected chi connectivity index (χ0v) is 6.12. The van der Waals surface area contributed by atoms with Crippen LogP contribution in [0.5, 0.6) is 0 Å². The Balaban J connectivity index is 2.38. The number of hydrogen-bond donors (Lipinski definition) is 1. The number of rotatable bonds is 2. The molecule has 0 aromatic carbocycles. The fourth-order valence-electron chi connectivity index (χ4n) is 0.931. The largest absolute Gasteiger partial charge is 0.467 e. The maximum atomic E-state index is 12.8. The third-order valence-corrected chi connectivity index (χ3v) is 1.63. The fraction of sp³-hybridized carbons (Fsp3) is 0.833. The van der Waals surface area contributed by atoms with Crippen molar-refractivity contribution in [3.63, 3.8) is 0 Å². The Hall–Kier alpha value is -0.680. The Bertz CT molecular complexity index is 164. The first kappa shape index (κ1) is 8.42. The summed E-state index contributed by atoms with van der Waals surface area (Å²) in [7, 11) is 1.19. The molecule has 0 aliphatic carbocycles. The maximum absolute atomic E-state index is 12.8. The Morgan fingerprint density at radius 1 is 1.82 bits per heavy atom. The standard InChI is InChI=1S/C6H10FNO3/c1-10-6(9)5-4(7)3(2-8)11-5/h3-5H,2,8H2,1H3/t3-,4-,5+/m1/s1. The predicted molar refractivity (Wildman–Crippen MR) is 34.6 cm³/mol. The summed E-state index contributed by atoms with van der Waals surface area (Å²) in [5.74, 6) is -0.679. The van der Waals surface area contributed by atoms with Gasteiger partial charge in [0.25, 0.3) is 0 Å². The van der Waals surface area contributed by atoms with Gasteiger partial charge in [0.15, 0.2) is 12.3 Å². The van der Waals surface area contributed by atoms with Gasteiger partial charge >= 0.3 is 5.97 Å². The normalized spacial score (nSPS) is 36.1. The highest BCUT2D eigenvalue weighted by molar-refractivity contribution is 5.76. The zero-order valence-electron chi connectivity index (χ0n) is 6.12. The van der Waals surface area contributed by atoms with E-state index < -0.39 is 24.3 Å². The number of methoxy groups -OCH3 is 1. The van der Waals surface area contributed by atoms with E-state index in [1.165, 1.54) is 7.11 Å². The molecule has 1 heterocycles. The fourth-order valence-corrected chi connectivity index (χ4v) is 0.931. The van der Waals surface area contributed by atoms with Gasteiger partial charge in [0, 0.05) is 6.54 Å². The molecule has 2 N–H and O–H groups in total.